The van der Waals surface area contributed by atoms with E-state index in [2.05, 4.69) is 11.8 Å². The monoisotopic (exact) mass is 206 g/mol. The average molecular weight is 206 g/mol. The van der Waals surface area contributed by atoms with Gasteiger partial charge in [-0.1, -0.05) is 6.92 Å². The minimum Gasteiger partial charge on any atom is -0.399 e. The minimum absolute atomic E-state index is 0.574. The second kappa shape index (κ2) is 6.06. The second-order valence-electron chi connectivity index (χ2n) is 3.53. The van der Waals surface area contributed by atoms with Crippen LogP contribution in [0, 0.1) is 0 Å². The van der Waals surface area contributed by atoms with Crippen LogP contribution in [0.5, 0.6) is 0 Å². The third-order valence-corrected chi connectivity index (χ3v) is 2.27. The number of hydrogen-bond acceptors (Lipinski definition) is 3. The van der Waals surface area contributed by atoms with Crippen LogP contribution >= 0.6 is 0 Å². The largest absolute Gasteiger partial charge is 0.399 e. The number of nitrogens with two attached hydrogens (primary N) is 1. The van der Waals surface area contributed by atoms with E-state index in [4.69, 9.17) is 5.73 Å². The van der Waals surface area contributed by atoms with Gasteiger partial charge in [-0.2, -0.15) is 0 Å². The Morgan fingerprint density at radius 2 is 1.93 bits per heavy atom. The van der Waals surface area contributed by atoms with E-state index >= 15 is 0 Å². The van der Waals surface area contributed by atoms with Crippen molar-refractivity contribution in [1.29, 1.82) is 0 Å². The standard InChI is InChI=1S/C12H18N2O/c1-2-8-14(9-3-10-15)12-6-4-11(13)5-7-12/h4-7,10H,2-3,8-9,13H2,1H3. The van der Waals surface area contributed by atoms with Crippen molar-refractivity contribution in [2.45, 2.75) is 19.8 Å². The Labute approximate surface area is 90.9 Å². The lowest BCUT2D eigenvalue weighted by Gasteiger charge is -2.23. The number of nitrogen functional groups attached to an aromatic ring is 1. The highest BCUT2D eigenvalue weighted by Crippen LogP contribution is 2.16. The molecule has 0 saturated heterocycles. The van der Waals surface area contributed by atoms with E-state index in [1.807, 2.05) is 24.3 Å². The predicted molar refractivity (Wildman–Crippen MR) is 64.0 cm³/mol. The zero-order valence-corrected chi connectivity index (χ0v) is 9.15. The van der Waals surface area contributed by atoms with Gasteiger partial charge in [-0.25, -0.2) is 0 Å². The van der Waals surface area contributed by atoms with Gasteiger partial charge in [0, 0.05) is 30.9 Å². The summed E-state index contributed by atoms with van der Waals surface area (Å²) in [5, 5.41) is 0. The Hall–Kier alpha value is -1.51. The molecule has 15 heavy (non-hydrogen) atoms. The number of rotatable bonds is 6. The van der Waals surface area contributed by atoms with Gasteiger partial charge in [0.25, 0.3) is 0 Å². The summed E-state index contributed by atoms with van der Waals surface area (Å²) in [4.78, 5) is 12.6. The van der Waals surface area contributed by atoms with Gasteiger partial charge in [0.15, 0.2) is 0 Å². The Balaban J connectivity index is 2.69. The van der Waals surface area contributed by atoms with Crippen molar-refractivity contribution in [3.05, 3.63) is 24.3 Å². The van der Waals surface area contributed by atoms with E-state index in [1.54, 1.807) is 0 Å². The van der Waals surface area contributed by atoms with Gasteiger partial charge in [-0.3, -0.25) is 0 Å². The van der Waals surface area contributed by atoms with E-state index < -0.39 is 0 Å². The molecular formula is C12H18N2O. The second-order valence-corrected chi connectivity index (χ2v) is 3.53. The van der Waals surface area contributed by atoms with Crippen molar-refractivity contribution in [1.82, 2.24) is 0 Å². The fourth-order valence-corrected chi connectivity index (χ4v) is 1.53. The summed E-state index contributed by atoms with van der Waals surface area (Å²) >= 11 is 0. The van der Waals surface area contributed by atoms with Gasteiger partial charge in [0.05, 0.1) is 0 Å². The Kier molecular flexibility index (Phi) is 4.68. The zero-order valence-electron chi connectivity index (χ0n) is 9.15. The van der Waals surface area contributed by atoms with Gasteiger partial charge in [-0.05, 0) is 30.7 Å². The van der Waals surface area contributed by atoms with Crippen LogP contribution < -0.4 is 10.6 Å². The molecule has 82 valence electrons. The number of carbonyl (C=O) groups is 1. The third kappa shape index (κ3) is 3.62. The van der Waals surface area contributed by atoms with Crippen LogP contribution in [0.25, 0.3) is 0 Å². The van der Waals surface area contributed by atoms with Crippen LogP contribution in [0.2, 0.25) is 0 Å². The topological polar surface area (TPSA) is 46.3 Å². The van der Waals surface area contributed by atoms with E-state index in [0.29, 0.717) is 6.42 Å². The fraction of sp³-hybridized carbons (Fsp3) is 0.417. The minimum atomic E-state index is 0.574. The van der Waals surface area contributed by atoms with Crippen LogP contribution in [0.1, 0.15) is 19.8 Å². The summed E-state index contributed by atoms with van der Waals surface area (Å²) in [6.07, 6.45) is 2.60. The van der Waals surface area contributed by atoms with Crippen molar-refractivity contribution in [3.8, 4) is 0 Å². The lowest BCUT2D eigenvalue weighted by atomic mass is 10.2. The molecule has 0 atom stereocenters. The molecule has 1 aromatic rings. The molecule has 1 rings (SSSR count). The normalized spacial score (nSPS) is 9.93. The first kappa shape index (κ1) is 11.6. The Bertz CT molecular complexity index is 295. The first-order valence-corrected chi connectivity index (χ1v) is 5.32. The number of benzene rings is 1. The molecule has 0 heterocycles. The lowest BCUT2D eigenvalue weighted by Crippen LogP contribution is -2.25. The maximum Gasteiger partial charge on any atom is 0.121 e. The summed E-state index contributed by atoms with van der Waals surface area (Å²) in [5.74, 6) is 0. The highest BCUT2D eigenvalue weighted by molar-refractivity contribution is 5.55. The molecule has 1 aromatic carbocycles. The molecule has 0 amide bonds. The number of nitrogens with zero attached hydrogens (tertiary/aromatic N) is 1. The average Bonchev–Trinajstić information content (AvgIpc) is 2.25. The molecule has 2 N–H and O–H groups in total. The molecule has 3 nitrogen and oxygen atoms in total. The van der Waals surface area contributed by atoms with Crippen LogP contribution in [-0.2, 0) is 4.79 Å². The Morgan fingerprint density at radius 1 is 1.27 bits per heavy atom. The highest BCUT2D eigenvalue weighted by atomic mass is 16.1. The highest BCUT2D eigenvalue weighted by Gasteiger charge is 2.03. The van der Waals surface area contributed by atoms with Crippen LogP contribution in [-0.4, -0.2) is 19.4 Å². The molecule has 0 unspecified atom stereocenters. The molecule has 0 spiro atoms. The Morgan fingerprint density at radius 3 is 2.47 bits per heavy atom. The third-order valence-electron chi connectivity index (χ3n) is 2.27. The van der Waals surface area contributed by atoms with Crippen molar-refractivity contribution in [2.24, 2.45) is 0 Å². The predicted octanol–water partition coefficient (Wildman–Crippen LogP) is 2.07. The van der Waals surface area contributed by atoms with Gasteiger partial charge in [0.2, 0.25) is 0 Å². The summed E-state index contributed by atoms with van der Waals surface area (Å²) in [7, 11) is 0. The number of carbonyl (C=O) groups excluding carboxylic acids is 1. The SMILES string of the molecule is CCCN(CCC=O)c1ccc(N)cc1. The molecule has 0 aliphatic rings. The molecule has 0 bridgehead atoms. The van der Waals surface area contributed by atoms with Crippen LogP contribution in [0.15, 0.2) is 24.3 Å². The molecule has 0 radical (unpaired) electrons. The molecule has 0 aromatic heterocycles. The fourth-order valence-electron chi connectivity index (χ4n) is 1.53. The van der Waals surface area contributed by atoms with E-state index in [9.17, 15) is 4.79 Å². The van der Waals surface area contributed by atoms with E-state index in [-0.39, 0.29) is 0 Å². The molecule has 0 aliphatic carbocycles. The molecule has 0 saturated carbocycles. The van der Waals surface area contributed by atoms with E-state index in [1.165, 1.54) is 0 Å². The van der Waals surface area contributed by atoms with Gasteiger partial charge >= 0.3 is 0 Å². The number of hydrogen-bond donors (Lipinski definition) is 1. The lowest BCUT2D eigenvalue weighted by molar-refractivity contribution is -0.107. The van der Waals surface area contributed by atoms with Crippen molar-refractivity contribution in [2.75, 3.05) is 23.7 Å². The quantitative estimate of drug-likeness (QED) is 0.572. The maximum atomic E-state index is 10.4. The summed E-state index contributed by atoms with van der Waals surface area (Å²) < 4.78 is 0. The van der Waals surface area contributed by atoms with Crippen molar-refractivity contribution in [3.63, 3.8) is 0 Å². The van der Waals surface area contributed by atoms with Crippen molar-refractivity contribution < 1.29 is 4.79 Å². The van der Waals surface area contributed by atoms with Crippen LogP contribution in [0.4, 0.5) is 11.4 Å². The summed E-state index contributed by atoms with van der Waals surface area (Å²) in [5.41, 5.74) is 7.53. The summed E-state index contributed by atoms with van der Waals surface area (Å²) in [6.45, 7) is 3.88. The van der Waals surface area contributed by atoms with Gasteiger partial charge < -0.3 is 15.4 Å². The molecule has 0 fully saturated rings. The van der Waals surface area contributed by atoms with Gasteiger partial charge in [-0.15, -0.1) is 0 Å². The molecule has 3 heteroatoms. The maximum absolute atomic E-state index is 10.4. The first-order chi connectivity index (χ1) is 7.27. The van der Waals surface area contributed by atoms with Crippen LogP contribution in [0.3, 0.4) is 0 Å². The first-order valence-electron chi connectivity index (χ1n) is 5.32. The summed E-state index contributed by atoms with van der Waals surface area (Å²) in [6, 6.07) is 7.77. The smallest absolute Gasteiger partial charge is 0.121 e. The van der Waals surface area contributed by atoms with E-state index in [0.717, 1.165) is 37.2 Å². The number of aldehydes is 1. The number of anilines is 2. The van der Waals surface area contributed by atoms with Crippen molar-refractivity contribution >= 4 is 17.7 Å². The zero-order chi connectivity index (χ0) is 11.1. The molecule has 0 aliphatic heterocycles. The van der Waals surface area contributed by atoms with Gasteiger partial charge in [0.1, 0.15) is 6.29 Å². The molecular weight excluding hydrogens is 188 g/mol.